The van der Waals surface area contributed by atoms with E-state index in [4.69, 9.17) is 0 Å². The van der Waals surface area contributed by atoms with Crippen molar-refractivity contribution in [1.82, 2.24) is 10.6 Å². The lowest BCUT2D eigenvalue weighted by Gasteiger charge is -2.16. The van der Waals surface area contributed by atoms with Crippen molar-refractivity contribution in [2.24, 2.45) is 9.98 Å². The predicted molar refractivity (Wildman–Crippen MR) is 90.4 cm³/mol. The van der Waals surface area contributed by atoms with Crippen molar-refractivity contribution in [3.63, 3.8) is 0 Å². The second kappa shape index (κ2) is 8.92. The van der Waals surface area contributed by atoms with E-state index >= 15 is 0 Å². The fraction of sp³-hybridized carbons (Fsp3) is 0.733. The van der Waals surface area contributed by atoms with Gasteiger partial charge in [0.2, 0.25) is 0 Å². The maximum absolute atomic E-state index is 11.6. The lowest BCUT2D eigenvalue weighted by Crippen LogP contribution is -2.57. The summed E-state index contributed by atoms with van der Waals surface area (Å²) in [4.78, 5) is 31.2. The van der Waals surface area contributed by atoms with E-state index in [9.17, 15) is 9.59 Å². The van der Waals surface area contributed by atoms with Crippen molar-refractivity contribution in [2.45, 2.75) is 64.3 Å². The Hall–Kier alpha value is -1.37. The normalized spacial score (nSPS) is 20.1. The number of amides is 3. The number of nitrogens with zero attached hydrogens (tertiary/aromatic N) is 2. The molecule has 2 heterocycles. The van der Waals surface area contributed by atoms with Crippen LogP contribution in [0.25, 0.3) is 0 Å². The molecule has 0 aromatic carbocycles. The van der Waals surface area contributed by atoms with E-state index in [0.29, 0.717) is 11.0 Å². The molecule has 0 aliphatic carbocycles. The van der Waals surface area contributed by atoms with E-state index in [1.54, 1.807) is 11.8 Å². The second-order valence-corrected chi connectivity index (χ2v) is 6.64. The van der Waals surface area contributed by atoms with Gasteiger partial charge in [0.15, 0.2) is 11.2 Å². The standard InChI is InChI=1S/C15H24N4O2S/c1-2-3-4-5-6-7-8-9-10-22-15-16-11-12(18-15)17-14(21)19-13(11)20/h11H,2-10H2,1H3,(H2,16,17,18,19,20,21). The number of unbranched alkanes of at least 4 members (excludes halogenated alkanes) is 7. The fourth-order valence-electron chi connectivity index (χ4n) is 2.44. The maximum Gasteiger partial charge on any atom is 0.326 e. The summed E-state index contributed by atoms with van der Waals surface area (Å²) in [5, 5.41) is 5.31. The molecule has 2 aliphatic rings. The number of aliphatic imine (C=N–C) groups is 2. The average Bonchev–Trinajstić information content (AvgIpc) is 2.88. The SMILES string of the molecule is CCCCCCCCCCSC1=NC2C(=O)NC(=O)NC2=N1. The van der Waals surface area contributed by atoms with Gasteiger partial charge in [-0.3, -0.25) is 15.4 Å². The number of urea groups is 1. The highest BCUT2D eigenvalue weighted by atomic mass is 32.2. The van der Waals surface area contributed by atoms with Crippen LogP contribution < -0.4 is 10.6 Å². The molecule has 1 fully saturated rings. The summed E-state index contributed by atoms with van der Waals surface area (Å²) in [6, 6.07) is -1.19. The van der Waals surface area contributed by atoms with Crippen LogP contribution in [0.1, 0.15) is 58.3 Å². The van der Waals surface area contributed by atoms with E-state index < -0.39 is 18.0 Å². The molecule has 0 bridgehead atoms. The van der Waals surface area contributed by atoms with Crippen LogP contribution in [0, 0.1) is 0 Å². The predicted octanol–water partition coefficient (Wildman–Crippen LogP) is 2.84. The highest BCUT2D eigenvalue weighted by Crippen LogP contribution is 2.18. The van der Waals surface area contributed by atoms with E-state index in [1.165, 1.54) is 44.9 Å². The molecule has 6 nitrogen and oxygen atoms in total. The minimum atomic E-state index is -0.668. The zero-order chi connectivity index (χ0) is 15.8. The van der Waals surface area contributed by atoms with Gasteiger partial charge in [0.05, 0.1) is 0 Å². The highest BCUT2D eigenvalue weighted by molar-refractivity contribution is 8.13. The molecule has 1 unspecified atom stereocenters. The summed E-state index contributed by atoms with van der Waals surface area (Å²) in [5.74, 6) is 0.907. The Morgan fingerprint density at radius 2 is 1.68 bits per heavy atom. The van der Waals surface area contributed by atoms with Crippen LogP contribution in [-0.2, 0) is 4.79 Å². The van der Waals surface area contributed by atoms with Crippen molar-refractivity contribution in [2.75, 3.05) is 5.75 Å². The number of hydrogen-bond donors (Lipinski definition) is 2. The Balaban J connectivity index is 1.57. The van der Waals surface area contributed by atoms with Gasteiger partial charge in [0.1, 0.15) is 5.84 Å². The van der Waals surface area contributed by atoms with Gasteiger partial charge >= 0.3 is 6.03 Å². The number of hydrogen-bond acceptors (Lipinski definition) is 5. The third kappa shape index (κ3) is 5.12. The van der Waals surface area contributed by atoms with Crippen molar-refractivity contribution in [3.8, 4) is 0 Å². The Kier molecular flexibility index (Phi) is 6.89. The molecule has 3 amide bonds. The topological polar surface area (TPSA) is 82.9 Å². The Morgan fingerprint density at radius 3 is 2.41 bits per heavy atom. The number of thioether (sulfide) groups is 1. The summed E-state index contributed by atoms with van der Waals surface area (Å²) in [6.07, 6.45) is 10.3. The van der Waals surface area contributed by atoms with Crippen LogP contribution in [0.4, 0.5) is 4.79 Å². The summed E-state index contributed by atoms with van der Waals surface area (Å²) in [5.41, 5.74) is 0. The zero-order valence-electron chi connectivity index (χ0n) is 13.1. The first-order valence-corrected chi connectivity index (χ1v) is 9.10. The largest absolute Gasteiger partial charge is 0.326 e. The molecule has 0 radical (unpaired) electrons. The second-order valence-electron chi connectivity index (χ2n) is 5.58. The van der Waals surface area contributed by atoms with Crippen LogP contribution >= 0.6 is 11.8 Å². The van der Waals surface area contributed by atoms with Crippen LogP contribution in [-0.4, -0.2) is 34.7 Å². The molecule has 22 heavy (non-hydrogen) atoms. The van der Waals surface area contributed by atoms with Crippen LogP contribution in [0.2, 0.25) is 0 Å². The molecular formula is C15H24N4O2S. The quantitative estimate of drug-likeness (QED) is 0.640. The summed E-state index contributed by atoms with van der Waals surface area (Å²) >= 11 is 1.56. The number of fused-ring (bicyclic) bond motifs is 1. The minimum absolute atomic E-state index is 0.354. The van der Waals surface area contributed by atoms with Gasteiger partial charge < -0.3 is 0 Å². The van der Waals surface area contributed by atoms with E-state index in [0.717, 1.165) is 12.2 Å². The van der Waals surface area contributed by atoms with Crippen LogP contribution in [0.3, 0.4) is 0 Å². The summed E-state index contributed by atoms with van der Waals surface area (Å²) in [7, 11) is 0. The van der Waals surface area contributed by atoms with Crippen molar-refractivity contribution >= 4 is 34.7 Å². The van der Waals surface area contributed by atoms with Crippen molar-refractivity contribution < 1.29 is 9.59 Å². The van der Waals surface area contributed by atoms with E-state index in [2.05, 4.69) is 27.5 Å². The molecule has 2 N–H and O–H groups in total. The number of carbonyl (C=O) groups is 2. The zero-order valence-corrected chi connectivity index (χ0v) is 13.9. The lowest BCUT2D eigenvalue weighted by atomic mass is 10.1. The van der Waals surface area contributed by atoms with Gasteiger partial charge in [0.25, 0.3) is 5.91 Å². The number of amidine groups is 2. The van der Waals surface area contributed by atoms with E-state index in [1.807, 2.05) is 0 Å². The van der Waals surface area contributed by atoms with Gasteiger partial charge in [-0.05, 0) is 6.42 Å². The first kappa shape index (κ1) is 17.0. The summed E-state index contributed by atoms with van der Waals surface area (Å²) in [6.45, 7) is 2.23. The molecule has 0 saturated carbocycles. The van der Waals surface area contributed by atoms with Crippen molar-refractivity contribution in [1.29, 1.82) is 0 Å². The van der Waals surface area contributed by atoms with Crippen LogP contribution in [0.5, 0.6) is 0 Å². The van der Waals surface area contributed by atoms with E-state index in [-0.39, 0.29) is 0 Å². The fourth-order valence-corrected chi connectivity index (χ4v) is 3.31. The number of nitrogens with one attached hydrogen (secondary N) is 2. The molecule has 0 aromatic rings. The van der Waals surface area contributed by atoms with Crippen LogP contribution in [0.15, 0.2) is 9.98 Å². The van der Waals surface area contributed by atoms with Gasteiger partial charge in [-0.25, -0.2) is 14.8 Å². The monoisotopic (exact) mass is 324 g/mol. The van der Waals surface area contributed by atoms with Gasteiger partial charge in [-0.2, -0.15) is 0 Å². The third-order valence-electron chi connectivity index (χ3n) is 3.67. The first-order chi connectivity index (χ1) is 10.7. The third-order valence-corrected chi connectivity index (χ3v) is 4.62. The maximum atomic E-state index is 11.6. The molecule has 2 rings (SSSR count). The molecule has 1 atom stereocenters. The highest BCUT2D eigenvalue weighted by Gasteiger charge is 2.36. The minimum Gasteiger partial charge on any atom is -0.293 e. The molecular weight excluding hydrogens is 300 g/mol. The molecule has 1 saturated heterocycles. The molecule has 7 heteroatoms. The Labute approximate surface area is 135 Å². The van der Waals surface area contributed by atoms with Crippen molar-refractivity contribution in [3.05, 3.63) is 0 Å². The lowest BCUT2D eigenvalue weighted by molar-refractivity contribution is -0.120. The molecule has 122 valence electrons. The van der Waals surface area contributed by atoms with Gasteiger partial charge in [-0.1, -0.05) is 63.6 Å². The first-order valence-electron chi connectivity index (χ1n) is 8.11. The smallest absolute Gasteiger partial charge is 0.293 e. The number of imide groups is 1. The van der Waals surface area contributed by atoms with Gasteiger partial charge in [0, 0.05) is 5.75 Å². The average molecular weight is 324 g/mol. The number of carbonyl (C=O) groups excluding carboxylic acids is 2. The molecule has 2 aliphatic heterocycles. The Morgan fingerprint density at radius 1 is 1.00 bits per heavy atom. The molecule has 0 aromatic heterocycles. The molecule has 0 spiro atoms. The van der Waals surface area contributed by atoms with Gasteiger partial charge in [-0.15, -0.1) is 0 Å². The summed E-state index contributed by atoms with van der Waals surface area (Å²) < 4.78 is 0. The number of rotatable bonds is 9. The Bertz CT molecular complexity index is 476.